The van der Waals surface area contributed by atoms with Gasteiger partial charge in [-0.3, -0.25) is 0 Å². The summed E-state index contributed by atoms with van der Waals surface area (Å²) in [5.74, 6) is 0.860. The van der Waals surface area contributed by atoms with E-state index in [0.29, 0.717) is 33.0 Å². The van der Waals surface area contributed by atoms with E-state index in [1.807, 2.05) is 31.2 Å². The van der Waals surface area contributed by atoms with E-state index in [9.17, 15) is 0 Å². The summed E-state index contributed by atoms with van der Waals surface area (Å²) in [5, 5.41) is 0. The number of methoxy groups -OCH3 is 1. The Kier molecular flexibility index (Phi) is 9.82. The smallest absolute Gasteiger partial charge is 0.119 e. The lowest BCUT2D eigenvalue weighted by atomic mass is 10.1. The van der Waals surface area contributed by atoms with E-state index in [2.05, 4.69) is 0 Å². The molecule has 21 heavy (non-hydrogen) atoms. The van der Waals surface area contributed by atoms with Gasteiger partial charge < -0.3 is 24.7 Å². The van der Waals surface area contributed by atoms with Crippen molar-refractivity contribution in [2.45, 2.75) is 19.4 Å². The fraction of sp³-hybridized carbons (Fsp3) is 0.625. The Morgan fingerprint density at radius 1 is 1.00 bits per heavy atom. The van der Waals surface area contributed by atoms with Gasteiger partial charge in [-0.2, -0.15) is 0 Å². The van der Waals surface area contributed by atoms with Crippen molar-refractivity contribution in [2.75, 3.05) is 46.8 Å². The molecule has 120 valence electrons. The maximum Gasteiger partial charge on any atom is 0.119 e. The minimum atomic E-state index is -0.130. The lowest BCUT2D eigenvalue weighted by Gasteiger charge is -2.13. The molecule has 0 saturated heterocycles. The van der Waals surface area contributed by atoms with Gasteiger partial charge in [-0.1, -0.05) is 12.1 Å². The van der Waals surface area contributed by atoms with Crippen LogP contribution in [0.4, 0.5) is 0 Å². The second kappa shape index (κ2) is 11.5. The normalized spacial score (nSPS) is 12.3. The molecular weight excluding hydrogens is 270 g/mol. The van der Waals surface area contributed by atoms with Gasteiger partial charge in [0, 0.05) is 20.3 Å². The summed E-state index contributed by atoms with van der Waals surface area (Å²) in [6.45, 7) is 5.67. The fourth-order valence-electron chi connectivity index (χ4n) is 1.81. The zero-order valence-electron chi connectivity index (χ0n) is 13.0. The largest absolute Gasteiger partial charge is 0.494 e. The van der Waals surface area contributed by atoms with Crippen LogP contribution < -0.4 is 10.5 Å². The van der Waals surface area contributed by atoms with Gasteiger partial charge in [0.1, 0.15) is 5.75 Å². The van der Waals surface area contributed by atoms with Crippen LogP contribution in [0.3, 0.4) is 0 Å². The van der Waals surface area contributed by atoms with Crippen LogP contribution >= 0.6 is 0 Å². The monoisotopic (exact) mass is 297 g/mol. The summed E-state index contributed by atoms with van der Waals surface area (Å²) in [6, 6.07) is 7.67. The first-order chi connectivity index (χ1) is 10.3. The Bertz CT molecular complexity index is 356. The van der Waals surface area contributed by atoms with Crippen LogP contribution in [0.25, 0.3) is 0 Å². The van der Waals surface area contributed by atoms with Crippen LogP contribution in [-0.2, 0) is 14.2 Å². The molecule has 1 aromatic rings. The third-order valence-corrected chi connectivity index (χ3v) is 2.93. The molecule has 0 amide bonds. The van der Waals surface area contributed by atoms with Gasteiger partial charge in [0.2, 0.25) is 0 Å². The van der Waals surface area contributed by atoms with Crippen molar-refractivity contribution in [2.24, 2.45) is 5.73 Å². The highest BCUT2D eigenvalue weighted by atomic mass is 16.5. The molecule has 0 aliphatic rings. The van der Waals surface area contributed by atoms with Crippen molar-refractivity contribution < 1.29 is 18.9 Å². The van der Waals surface area contributed by atoms with Gasteiger partial charge >= 0.3 is 0 Å². The molecule has 5 nitrogen and oxygen atoms in total. The molecule has 0 heterocycles. The molecule has 1 aromatic carbocycles. The van der Waals surface area contributed by atoms with Gasteiger partial charge in [-0.05, 0) is 31.0 Å². The summed E-state index contributed by atoms with van der Waals surface area (Å²) in [5.41, 5.74) is 7.12. The zero-order chi connectivity index (χ0) is 15.3. The topological polar surface area (TPSA) is 62.9 Å². The SMILES string of the molecule is CCOc1ccc(C(N)COCCOCCCOC)cc1. The molecule has 2 N–H and O–H groups in total. The molecule has 1 rings (SSSR count). The lowest BCUT2D eigenvalue weighted by Crippen LogP contribution is -2.18. The Labute approximate surface area is 127 Å². The molecule has 1 unspecified atom stereocenters. The summed E-state index contributed by atoms with van der Waals surface area (Å²) in [4.78, 5) is 0. The predicted octanol–water partition coefficient (Wildman–Crippen LogP) is 2.15. The van der Waals surface area contributed by atoms with Gasteiger partial charge in [0.05, 0.1) is 32.5 Å². The average Bonchev–Trinajstić information content (AvgIpc) is 2.51. The fourth-order valence-corrected chi connectivity index (χ4v) is 1.81. The van der Waals surface area contributed by atoms with E-state index in [1.54, 1.807) is 7.11 Å². The summed E-state index contributed by atoms with van der Waals surface area (Å²) < 4.78 is 21.3. The van der Waals surface area contributed by atoms with E-state index >= 15 is 0 Å². The van der Waals surface area contributed by atoms with E-state index in [0.717, 1.165) is 24.3 Å². The lowest BCUT2D eigenvalue weighted by molar-refractivity contribution is 0.0355. The van der Waals surface area contributed by atoms with Crippen molar-refractivity contribution in [3.63, 3.8) is 0 Å². The minimum Gasteiger partial charge on any atom is -0.494 e. The molecule has 0 aromatic heterocycles. The van der Waals surface area contributed by atoms with Crippen molar-refractivity contribution in [1.29, 1.82) is 0 Å². The molecule has 0 aliphatic heterocycles. The molecule has 0 saturated carbocycles. The highest BCUT2D eigenvalue weighted by molar-refractivity contribution is 5.29. The maximum absolute atomic E-state index is 6.08. The molecule has 0 fully saturated rings. The van der Waals surface area contributed by atoms with E-state index in [4.69, 9.17) is 24.7 Å². The highest BCUT2D eigenvalue weighted by Gasteiger charge is 2.06. The summed E-state index contributed by atoms with van der Waals surface area (Å²) in [6.07, 6.45) is 0.905. The maximum atomic E-state index is 6.08. The van der Waals surface area contributed by atoms with Crippen LogP contribution in [0, 0.1) is 0 Å². The standard InChI is InChI=1S/C16H27NO4/c1-3-21-15-7-5-14(6-8-15)16(17)13-20-12-11-19-10-4-9-18-2/h5-8,16H,3-4,9-13,17H2,1-2H3. The van der Waals surface area contributed by atoms with E-state index in [-0.39, 0.29) is 6.04 Å². The first kappa shape index (κ1) is 17.9. The molecule has 0 spiro atoms. The minimum absolute atomic E-state index is 0.130. The van der Waals surface area contributed by atoms with E-state index < -0.39 is 0 Å². The molecule has 5 heteroatoms. The Balaban J connectivity index is 2.11. The number of nitrogens with two attached hydrogens (primary N) is 1. The molecule has 0 aliphatic carbocycles. The number of ether oxygens (including phenoxy) is 4. The summed E-state index contributed by atoms with van der Waals surface area (Å²) >= 11 is 0. The third-order valence-electron chi connectivity index (χ3n) is 2.93. The van der Waals surface area contributed by atoms with Crippen molar-refractivity contribution in [3.8, 4) is 5.75 Å². The van der Waals surface area contributed by atoms with E-state index in [1.165, 1.54) is 0 Å². The van der Waals surface area contributed by atoms with Crippen LogP contribution in [0.2, 0.25) is 0 Å². The Morgan fingerprint density at radius 2 is 1.71 bits per heavy atom. The Hall–Kier alpha value is -1.14. The average molecular weight is 297 g/mol. The van der Waals surface area contributed by atoms with Gasteiger partial charge in [0.15, 0.2) is 0 Å². The number of rotatable bonds is 12. The van der Waals surface area contributed by atoms with Gasteiger partial charge in [0.25, 0.3) is 0 Å². The third kappa shape index (κ3) is 8.02. The van der Waals surface area contributed by atoms with Crippen LogP contribution in [0.15, 0.2) is 24.3 Å². The van der Waals surface area contributed by atoms with Crippen molar-refractivity contribution in [3.05, 3.63) is 29.8 Å². The molecule has 0 radical (unpaired) electrons. The first-order valence-electron chi connectivity index (χ1n) is 7.40. The zero-order valence-corrected chi connectivity index (χ0v) is 13.0. The number of hydrogen-bond donors (Lipinski definition) is 1. The number of hydrogen-bond acceptors (Lipinski definition) is 5. The Morgan fingerprint density at radius 3 is 2.38 bits per heavy atom. The quantitative estimate of drug-likeness (QED) is 0.599. The van der Waals surface area contributed by atoms with Crippen LogP contribution in [-0.4, -0.2) is 46.8 Å². The van der Waals surface area contributed by atoms with Gasteiger partial charge in [-0.25, -0.2) is 0 Å². The molecular formula is C16H27NO4. The number of benzene rings is 1. The van der Waals surface area contributed by atoms with Gasteiger partial charge in [-0.15, -0.1) is 0 Å². The summed E-state index contributed by atoms with van der Waals surface area (Å²) in [7, 11) is 1.69. The molecule has 0 bridgehead atoms. The second-order valence-corrected chi connectivity index (χ2v) is 4.64. The molecule has 1 atom stereocenters. The second-order valence-electron chi connectivity index (χ2n) is 4.64. The first-order valence-corrected chi connectivity index (χ1v) is 7.40. The highest BCUT2D eigenvalue weighted by Crippen LogP contribution is 2.16. The van der Waals surface area contributed by atoms with Crippen molar-refractivity contribution >= 4 is 0 Å². The van der Waals surface area contributed by atoms with Crippen LogP contribution in [0.5, 0.6) is 5.75 Å². The predicted molar refractivity (Wildman–Crippen MR) is 82.7 cm³/mol. The van der Waals surface area contributed by atoms with Crippen LogP contribution in [0.1, 0.15) is 24.9 Å². The van der Waals surface area contributed by atoms with Crippen molar-refractivity contribution in [1.82, 2.24) is 0 Å².